The summed E-state index contributed by atoms with van der Waals surface area (Å²) in [5.41, 5.74) is 1.22. The Morgan fingerprint density at radius 3 is 2.68 bits per heavy atom. The molecule has 0 saturated carbocycles. The molecule has 25 heavy (non-hydrogen) atoms. The van der Waals surface area contributed by atoms with Crippen LogP contribution in [-0.2, 0) is 19.5 Å². The third-order valence-electron chi connectivity index (χ3n) is 4.52. The van der Waals surface area contributed by atoms with Crippen LogP contribution < -0.4 is 4.90 Å². The van der Waals surface area contributed by atoms with Crippen molar-refractivity contribution in [3.8, 4) is 0 Å². The fraction of sp³-hybridized carbons (Fsp3) is 0.368. The Hall–Kier alpha value is -2.76. The van der Waals surface area contributed by atoms with Crippen molar-refractivity contribution >= 4 is 5.82 Å². The number of aromatic nitrogens is 5. The molecule has 0 bridgehead atoms. The summed E-state index contributed by atoms with van der Waals surface area (Å²) in [6.45, 7) is 6.86. The fourth-order valence-corrected chi connectivity index (χ4v) is 3.23. The van der Waals surface area contributed by atoms with Gasteiger partial charge in [-0.3, -0.25) is 0 Å². The van der Waals surface area contributed by atoms with E-state index in [0.29, 0.717) is 5.92 Å². The van der Waals surface area contributed by atoms with E-state index >= 15 is 0 Å². The van der Waals surface area contributed by atoms with Crippen LogP contribution in [0.3, 0.4) is 0 Å². The Balaban J connectivity index is 1.53. The van der Waals surface area contributed by atoms with Gasteiger partial charge in [0.15, 0.2) is 5.82 Å². The molecule has 6 heteroatoms. The van der Waals surface area contributed by atoms with Gasteiger partial charge >= 0.3 is 0 Å². The Morgan fingerprint density at radius 2 is 1.88 bits per heavy atom. The monoisotopic (exact) mass is 334 g/mol. The van der Waals surface area contributed by atoms with Crippen LogP contribution in [0.5, 0.6) is 0 Å². The Morgan fingerprint density at radius 1 is 1.04 bits per heavy atom. The molecule has 0 unspecified atom stereocenters. The van der Waals surface area contributed by atoms with Gasteiger partial charge in [-0.25, -0.2) is 9.97 Å². The summed E-state index contributed by atoms with van der Waals surface area (Å²) in [6, 6.07) is 12.3. The van der Waals surface area contributed by atoms with Gasteiger partial charge in [0, 0.05) is 31.6 Å². The lowest BCUT2D eigenvalue weighted by Gasteiger charge is -2.29. The maximum Gasteiger partial charge on any atom is 0.152 e. The van der Waals surface area contributed by atoms with E-state index in [-0.39, 0.29) is 0 Å². The standard InChI is InChI=1S/C19H22N6/c1-14(2)19-23-22-18-13-24(10-11-25(18)19)17-8-9-20-16(21-17)12-15-6-4-3-5-7-15/h3-9,14H,10-13H2,1-2H3. The molecule has 1 aromatic carbocycles. The molecule has 0 atom stereocenters. The number of benzene rings is 1. The van der Waals surface area contributed by atoms with Gasteiger partial charge in [-0.05, 0) is 11.6 Å². The molecule has 0 aliphatic carbocycles. The zero-order valence-corrected chi connectivity index (χ0v) is 14.6. The number of hydrogen-bond acceptors (Lipinski definition) is 5. The third-order valence-corrected chi connectivity index (χ3v) is 4.52. The molecule has 6 nitrogen and oxygen atoms in total. The quantitative estimate of drug-likeness (QED) is 0.734. The largest absolute Gasteiger partial charge is 0.347 e. The predicted molar refractivity (Wildman–Crippen MR) is 96.4 cm³/mol. The summed E-state index contributed by atoms with van der Waals surface area (Å²) in [7, 11) is 0. The van der Waals surface area contributed by atoms with Crippen LogP contribution in [0.4, 0.5) is 5.82 Å². The van der Waals surface area contributed by atoms with Crippen LogP contribution in [0.25, 0.3) is 0 Å². The van der Waals surface area contributed by atoms with Crippen molar-refractivity contribution < 1.29 is 0 Å². The van der Waals surface area contributed by atoms with Crippen molar-refractivity contribution in [3.63, 3.8) is 0 Å². The molecule has 0 amide bonds. The van der Waals surface area contributed by atoms with Crippen molar-refractivity contribution in [3.05, 3.63) is 65.6 Å². The minimum Gasteiger partial charge on any atom is -0.347 e. The first-order valence-corrected chi connectivity index (χ1v) is 8.73. The van der Waals surface area contributed by atoms with Crippen LogP contribution >= 0.6 is 0 Å². The zero-order chi connectivity index (χ0) is 17.2. The number of fused-ring (bicyclic) bond motifs is 1. The zero-order valence-electron chi connectivity index (χ0n) is 14.6. The summed E-state index contributed by atoms with van der Waals surface area (Å²) in [5, 5.41) is 8.72. The number of rotatable bonds is 4. The predicted octanol–water partition coefficient (Wildman–Crippen LogP) is 2.80. The molecule has 128 valence electrons. The highest BCUT2D eigenvalue weighted by Gasteiger charge is 2.23. The molecular weight excluding hydrogens is 312 g/mol. The van der Waals surface area contributed by atoms with Gasteiger partial charge in [0.05, 0.1) is 6.54 Å². The van der Waals surface area contributed by atoms with Crippen LogP contribution in [0.1, 0.15) is 42.8 Å². The number of anilines is 1. The van der Waals surface area contributed by atoms with Crippen molar-refractivity contribution in [1.82, 2.24) is 24.7 Å². The summed E-state index contributed by atoms with van der Waals surface area (Å²) >= 11 is 0. The van der Waals surface area contributed by atoms with Crippen LogP contribution in [0.15, 0.2) is 42.6 Å². The Bertz CT molecular complexity index is 855. The lowest BCUT2D eigenvalue weighted by atomic mass is 10.1. The van der Waals surface area contributed by atoms with E-state index in [4.69, 9.17) is 4.98 Å². The van der Waals surface area contributed by atoms with E-state index in [0.717, 1.165) is 49.3 Å². The molecule has 3 heterocycles. The molecule has 1 aliphatic rings. The Kier molecular flexibility index (Phi) is 4.17. The minimum absolute atomic E-state index is 0.393. The SMILES string of the molecule is CC(C)c1nnc2n1CCN(c1ccnc(Cc3ccccc3)n1)C2. The normalized spacial score (nSPS) is 14.0. The first-order valence-electron chi connectivity index (χ1n) is 8.73. The summed E-state index contributed by atoms with van der Waals surface area (Å²) in [4.78, 5) is 11.4. The minimum atomic E-state index is 0.393. The Labute approximate surface area is 147 Å². The highest BCUT2D eigenvalue weighted by Crippen LogP contribution is 2.22. The van der Waals surface area contributed by atoms with Crippen LogP contribution in [0.2, 0.25) is 0 Å². The smallest absolute Gasteiger partial charge is 0.152 e. The third kappa shape index (κ3) is 3.24. The first-order chi connectivity index (χ1) is 12.2. The molecule has 0 fully saturated rings. The van der Waals surface area contributed by atoms with Gasteiger partial charge in [-0.1, -0.05) is 44.2 Å². The molecule has 0 N–H and O–H groups in total. The van der Waals surface area contributed by atoms with E-state index in [1.54, 1.807) is 0 Å². The molecule has 4 rings (SSSR count). The summed E-state index contributed by atoms with van der Waals surface area (Å²) in [6.07, 6.45) is 2.59. The average molecular weight is 334 g/mol. The van der Waals surface area contributed by atoms with E-state index in [2.05, 4.69) is 50.6 Å². The highest BCUT2D eigenvalue weighted by molar-refractivity contribution is 5.39. The number of hydrogen-bond donors (Lipinski definition) is 0. The molecule has 3 aromatic rings. The lowest BCUT2D eigenvalue weighted by molar-refractivity contribution is 0.528. The maximum atomic E-state index is 4.76. The van der Waals surface area contributed by atoms with Gasteiger partial charge in [0.2, 0.25) is 0 Å². The average Bonchev–Trinajstić information content (AvgIpc) is 3.06. The maximum absolute atomic E-state index is 4.76. The van der Waals surface area contributed by atoms with Gasteiger partial charge < -0.3 is 9.47 Å². The number of nitrogens with zero attached hydrogens (tertiary/aromatic N) is 6. The molecule has 0 spiro atoms. The van der Waals surface area contributed by atoms with Crippen LogP contribution in [0, 0.1) is 0 Å². The second-order valence-electron chi connectivity index (χ2n) is 6.70. The van der Waals surface area contributed by atoms with E-state index in [9.17, 15) is 0 Å². The highest BCUT2D eigenvalue weighted by atomic mass is 15.4. The van der Waals surface area contributed by atoms with Gasteiger partial charge in [0.1, 0.15) is 17.5 Å². The van der Waals surface area contributed by atoms with E-state index < -0.39 is 0 Å². The summed E-state index contributed by atoms with van der Waals surface area (Å²) in [5.74, 6) is 4.28. The first kappa shape index (κ1) is 15.7. The summed E-state index contributed by atoms with van der Waals surface area (Å²) < 4.78 is 2.24. The van der Waals surface area contributed by atoms with Gasteiger partial charge in [0.25, 0.3) is 0 Å². The molecule has 1 aliphatic heterocycles. The van der Waals surface area contributed by atoms with Crippen molar-refractivity contribution in [1.29, 1.82) is 0 Å². The van der Waals surface area contributed by atoms with Gasteiger partial charge in [-0.15, -0.1) is 10.2 Å². The van der Waals surface area contributed by atoms with Crippen molar-refractivity contribution in [2.75, 3.05) is 11.4 Å². The second kappa shape index (κ2) is 6.63. The van der Waals surface area contributed by atoms with E-state index in [1.807, 2.05) is 30.5 Å². The fourth-order valence-electron chi connectivity index (χ4n) is 3.23. The molecular formula is C19H22N6. The van der Waals surface area contributed by atoms with Crippen LogP contribution in [-0.4, -0.2) is 31.3 Å². The van der Waals surface area contributed by atoms with Gasteiger partial charge in [-0.2, -0.15) is 0 Å². The van der Waals surface area contributed by atoms with Crippen molar-refractivity contribution in [2.24, 2.45) is 0 Å². The van der Waals surface area contributed by atoms with Crippen molar-refractivity contribution in [2.45, 2.75) is 39.3 Å². The second-order valence-corrected chi connectivity index (χ2v) is 6.70. The molecule has 2 aromatic heterocycles. The topological polar surface area (TPSA) is 59.7 Å². The van der Waals surface area contributed by atoms with E-state index in [1.165, 1.54) is 5.56 Å². The molecule has 0 radical (unpaired) electrons. The lowest BCUT2D eigenvalue weighted by Crippen LogP contribution is -2.35. The molecule has 0 saturated heterocycles.